The van der Waals surface area contributed by atoms with Gasteiger partial charge in [-0.1, -0.05) is 32.0 Å². The van der Waals surface area contributed by atoms with Gasteiger partial charge in [0.25, 0.3) is 0 Å². The van der Waals surface area contributed by atoms with Crippen LogP contribution in [0.2, 0.25) is 0 Å². The zero-order valence-electron chi connectivity index (χ0n) is 18.5. The summed E-state index contributed by atoms with van der Waals surface area (Å²) in [6.45, 7) is 6.43. The van der Waals surface area contributed by atoms with E-state index in [0.717, 1.165) is 11.1 Å². The van der Waals surface area contributed by atoms with Gasteiger partial charge in [0.2, 0.25) is 21.8 Å². The topological polar surface area (TPSA) is 86.8 Å². The number of rotatable bonds is 8. The summed E-state index contributed by atoms with van der Waals surface area (Å²) in [6.07, 6.45) is 0.0141. The number of nitrogens with zero attached hydrogens (tertiary/aromatic N) is 2. The zero-order valence-corrected chi connectivity index (χ0v) is 19.3. The van der Waals surface area contributed by atoms with Gasteiger partial charge >= 0.3 is 0 Å². The summed E-state index contributed by atoms with van der Waals surface area (Å²) in [6, 6.07) is 11.0. The van der Waals surface area contributed by atoms with Crippen molar-refractivity contribution in [1.82, 2.24) is 9.62 Å². The van der Waals surface area contributed by atoms with Crippen LogP contribution in [0.25, 0.3) is 0 Å². The second-order valence-electron chi connectivity index (χ2n) is 7.81. The van der Waals surface area contributed by atoms with Gasteiger partial charge in [0.05, 0.1) is 16.5 Å². The van der Waals surface area contributed by atoms with Gasteiger partial charge in [-0.3, -0.25) is 9.59 Å². The number of carbonyl (C=O) groups excluding carboxylic acids is 2. The lowest BCUT2D eigenvalue weighted by Crippen LogP contribution is -2.33. The third-order valence-corrected chi connectivity index (χ3v) is 7.69. The molecule has 9 heteroatoms. The predicted octanol–water partition coefficient (Wildman–Crippen LogP) is 2.83. The van der Waals surface area contributed by atoms with Crippen LogP contribution in [0.4, 0.5) is 10.1 Å². The molecule has 172 valence electrons. The molecule has 2 aromatic carbocycles. The maximum atomic E-state index is 14.2. The summed E-state index contributed by atoms with van der Waals surface area (Å²) in [5.74, 6) is -1.66. The van der Waals surface area contributed by atoms with Gasteiger partial charge < -0.3 is 10.2 Å². The SMILES string of the molecule is CCN(CC)S(=O)(=O)c1ccc(CNC(=O)C2CC(=O)N(c3ccc(C)cc3F)C2)cc1. The van der Waals surface area contributed by atoms with E-state index >= 15 is 0 Å². The summed E-state index contributed by atoms with van der Waals surface area (Å²) in [4.78, 5) is 26.5. The van der Waals surface area contributed by atoms with Gasteiger partial charge in [-0.15, -0.1) is 0 Å². The number of aryl methyl sites for hydroxylation is 1. The second-order valence-corrected chi connectivity index (χ2v) is 9.75. The van der Waals surface area contributed by atoms with Crippen LogP contribution in [0.3, 0.4) is 0 Å². The minimum atomic E-state index is -3.53. The van der Waals surface area contributed by atoms with Gasteiger partial charge in [-0.25, -0.2) is 12.8 Å². The lowest BCUT2D eigenvalue weighted by atomic mass is 10.1. The number of hydrogen-bond donors (Lipinski definition) is 1. The van der Waals surface area contributed by atoms with E-state index in [-0.39, 0.29) is 41.9 Å². The highest BCUT2D eigenvalue weighted by Crippen LogP contribution is 2.28. The molecule has 1 N–H and O–H groups in total. The summed E-state index contributed by atoms with van der Waals surface area (Å²) < 4.78 is 40.7. The fourth-order valence-corrected chi connectivity index (χ4v) is 5.23. The van der Waals surface area contributed by atoms with Crippen molar-refractivity contribution >= 4 is 27.5 Å². The zero-order chi connectivity index (χ0) is 23.5. The fourth-order valence-electron chi connectivity index (χ4n) is 3.77. The smallest absolute Gasteiger partial charge is 0.243 e. The number of nitrogens with one attached hydrogen (secondary N) is 1. The Hall–Kier alpha value is -2.78. The lowest BCUT2D eigenvalue weighted by molar-refractivity contribution is -0.126. The highest BCUT2D eigenvalue weighted by molar-refractivity contribution is 7.89. The van der Waals surface area contributed by atoms with E-state index in [4.69, 9.17) is 0 Å². The van der Waals surface area contributed by atoms with Crippen LogP contribution >= 0.6 is 0 Å². The molecule has 1 aliphatic heterocycles. The molecule has 1 atom stereocenters. The molecule has 0 aliphatic carbocycles. The molecule has 7 nitrogen and oxygen atoms in total. The van der Waals surface area contributed by atoms with Crippen molar-refractivity contribution < 1.29 is 22.4 Å². The van der Waals surface area contributed by atoms with Crippen LogP contribution in [0.5, 0.6) is 0 Å². The van der Waals surface area contributed by atoms with Gasteiger partial charge in [-0.2, -0.15) is 4.31 Å². The van der Waals surface area contributed by atoms with E-state index in [0.29, 0.717) is 13.1 Å². The van der Waals surface area contributed by atoms with Gasteiger partial charge in [0.15, 0.2) is 0 Å². The minimum absolute atomic E-state index is 0.0141. The van der Waals surface area contributed by atoms with Gasteiger partial charge in [0.1, 0.15) is 5.82 Å². The van der Waals surface area contributed by atoms with Crippen LogP contribution in [-0.4, -0.2) is 44.2 Å². The largest absolute Gasteiger partial charge is 0.352 e. The van der Waals surface area contributed by atoms with Crippen LogP contribution in [0, 0.1) is 18.7 Å². The molecule has 3 rings (SSSR count). The Kier molecular flexibility index (Phi) is 7.30. The quantitative estimate of drug-likeness (QED) is 0.655. The third kappa shape index (κ3) is 4.99. The summed E-state index contributed by atoms with van der Waals surface area (Å²) in [7, 11) is -3.53. The summed E-state index contributed by atoms with van der Waals surface area (Å²) in [5.41, 5.74) is 1.67. The highest BCUT2D eigenvalue weighted by atomic mass is 32.2. The average Bonchev–Trinajstić information content (AvgIpc) is 3.14. The minimum Gasteiger partial charge on any atom is -0.352 e. The van der Waals surface area contributed by atoms with Crippen LogP contribution in [0.1, 0.15) is 31.4 Å². The summed E-state index contributed by atoms with van der Waals surface area (Å²) in [5, 5.41) is 2.79. The molecule has 32 heavy (non-hydrogen) atoms. The van der Waals surface area contributed by atoms with Gasteiger partial charge in [-0.05, 0) is 42.3 Å². The van der Waals surface area contributed by atoms with E-state index in [1.54, 1.807) is 45.0 Å². The first-order valence-corrected chi connectivity index (χ1v) is 12.0. The number of carbonyl (C=O) groups is 2. The Labute approximate surface area is 188 Å². The molecule has 0 bridgehead atoms. The first-order chi connectivity index (χ1) is 15.2. The number of benzene rings is 2. The van der Waals surface area contributed by atoms with Crippen molar-refractivity contribution in [1.29, 1.82) is 0 Å². The first kappa shape index (κ1) is 23.9. The van der Waals surface area contributed by atoms with Crippen LogP contribution in [0.15, 0.2) is 47.4 Å². The Morgan fingerprint density at radius 3 is 2.41 bits per heavy atom. The number of sulfonamides is 1. The van der Waals surface area contributed by atoms with Crippen LogP contribution in [-0.2, 0) is 26.2 Å². The molecule has 1 fully saturated rings. The highest BCUT2D eigenvalue weighted by Gasteiger charge is 2.36. The summed E-state index contributed by atoms with van der Waals surface area (Å²) >= 11 is 0. The van der Waals surface area contributed by atoms with Crippen molar-refractivity contribution in [2.24, 2.45) is 5.92 Å². The number of hydrogen-bond acceptors (Lipinski definition) is 4. The molecule has 0 radical (unpaired) electrons. The molecule has 0 spiro atoms. The maximum Gasteiger partial charge on any atom is 0.243 e. The third-order valence-electron chi connectivity index (χ3n) is 5.62. The molecule has 1 aliphatic rings. The molecule has 1 unspecified atom stereocenters. The monoisotopic (exact) mass is 461 g/mol. The molecule has 0 aromatic heterocycles. The molecular formula is C23H28FN3O4S. The number of halogens is 1. The van der Waals surface area contributed by atoms with Crippen molar-refractivity contribution in [3.8, 4) is 0 Å². The molecular weight excluding hydrogens is 433 g/mol. The average molecular weight is 462 g/mol. The van der Waals surface area contributed by atoms with Crippen molar-refractivity contribution in [3.63, 3.8) is 0 Å². The maximum absolute atomic E-state index is 14.2. The molecule has 0 saturated carbocycles. The molecule has 2 amide bonds. The van der Waals surface area contributed by atoms with E-state index in [9.17, 15) is 22.4 Å². The normalized spacial score (nSPS) is 16.6. The Morgan fingerprint density at radius 1 is 1.16 bits per heavy atom. The Bertz CT molecular complexity index is 1100. The van der Waals surface area contributed by atoms with E-state index in [1.165, 1.54) is 27.4 Å². The number of anilines is 1. The lowest BCUT2D eigenvalue weighted by Gasteiger charge is -2.18. The number of amides is 2. The van der Waals surface area contributed by atoms with E-state index < -0.39 is 21.8 Å². The van der Waals surface area contributed by atoms with Crippen molar-refractivity contribution in [2.75, 3.05) is 24.5 Å². The van der Waals surface area contributed by atoms with Crippen molar-refractivity contribution in [3.05, 3.63) is 59.4 Å². The van der Waals surface area contributed by atoms with Gasteiger partial charge in [0, 0.05) is 32.6 Å². The van der Waals surface area contributed by atoms with Crippen molar-refractivity contribution in [2.45, 2.75) is 38.6 Å². The standard InChI is InChI=1S/C23H28FN3O4S/c1-4-26(5-2)32(30,31)19-9-7-17(8-10-19)14-25-23(29)18-13-22(28)27(15-18)21-11-6-16(3)12-20(21)24/h6-12,18H,4-5,13-15H2,1-3H3,(H,25,29). The first-order valence-electron chi connectivity index (χ1n) is 10.6. The van der Waals surface area contributed by atoms with Crippen LogP contribution < -0.4 is 10.2 Å². The molecule has 1 saturated heterocycles. The fraction of sp³-hybridized carbons (Fsp3) is 0.391. The molecule has 2 aromatic rings. The Balaban J connectivity index is 1.61. The second kappa shape index (κ2) is 9.79. The van der Waals surface area contributed by atoms with E-state index in [1.807, 2.05) is 0 Å². The predicted molar refractivity (Wildman–Crippen MR) is 120 cm³/mol. The Morgan fingerprint density at radius 2 is 1.81 bits per heavy atom. The van der Waals surface area contributed by atoms with E-state index in [2.05, 4.69) is 5.32 Å². The molecule has 1 heterocycles.